The summed E-state index contributed by atoms with van der Waals surface area (Å²) in [5.41, 5.74) is 5.52. The molecular weight excluding hydrogens is 304 g/mol. The Morgan fingerprint density at radius 1 is 1.33 bits per heavy atom. The second kappa shape index (κ2) is 7.77. The Morgan fingerprint density at radius 2 is 2.08 bits per heavy atom. The number of hydrazone groups is 1. The predicted octanol–water partition coefficient (Wildman–Crippen LogP) is 2.07. The maximum Gasteiger partial charge on any atom is 0.260 e. The van der Waals surface area contributed by atoms with E-state index >= 15 is 0 Å². The third-order valence-electron chi connectivity index (χ3n) is 3.77. The van der Waals surface area contributed by atoms with Crippen molar-refractivity contribution in [3.8, 4) is 0 Å². The van der Waals surface area contributed by atoms with Gasteiger partial charge in [-0.1, -0.05) is 19.9 Å². The summed E-state index contributed by atoms with van der Waals surface area (Å²) < 4.78 is 3.58. The number of pyridine rings is 1. The van der Waals surface area contributed by atoms with E-state index in [4.69, 9.17) is 0 Å². The summed E-state index contributed by atoms with van der Waals surface area (Å²) in [6.45, 7) is 9.37. The molecule has 2 aromatic rings. The van der Waals surface area contributed by atoms with Crippen molar-refractivity contribution < 1.29 is 4.79 Å². The molecule has 2 aromatic heterocycles. The normalized spacial score (nSPS) is 11.4. The van der Waals surface area contributed by atoms with E-state index in [2.05, 4.69) is 41.9 Å². The number of amides is 1. The molecule has 0 saturated heterocycles. The van der Waals surface area contributed by atoms with Crippen LogP contribution in [-0.4, -0.2) is 21.3 Å². The van der Waals surface area contributed by atoms with Crippen LogP contribution in [-0.2, 0) is 17.9 Å². The molecule has 128 valence electrons. The molecule has 0 spiro atoms. The van der Waals surface area contributed by atoms with Crippen molar-refractivity contribution in [1.82, 2.24) is 14.6 Å². The molecule has 6 heteroatoms. The lowest BCUT2D eigenvalue weighted by molar-refractivity contribution is -0.121. The fourth-order valence-corrected chi connectivity index (χ4v) is 2.56. The van der Waals surface area contributed by atoms with E-state index in [1.165, 1.54) is 16.3 Å². The Morgan fingerprint density at radius 3 is 2.75 bits per heavy atom. The molecule has 0 saturated carbocycles. The first-order valence-electron chi connectivity index (χ1n) is 8.02. The average molecular weight is 328 g/mol. The van der Waals surface area contributed by atoms with Gasteiger partial charge in [-0.25, -0.2) is 5.43 Å². The van der Waals surface area contributed by atoms with Gasteiger partial charge in [-0.15, -0.1) is 0 Å². The van der Waals surface area contributed by atoms with Crippen LogP contribution in [0.1, 0.15) is 30.8 Å². The van der Waals surface area contributed by atoms with Crippen molar-refractivity contribution >= 4 is 12.1 Å². The Labute approximate surface area is 141 Å². The van der Waals surface area contributed by atoms with Gasteiger partial charge in [0.15, 0.2) is 0 Å². The van der Waals surface area contributed by atoms with Crippen molar-refractivity contribution in [2.75, 3.05) is 0 Å². The van der Waals surface area contributed by atoms with E-state index in [1.807, 2.05) is 6.92 Å². The lowest BCUT2D eigenvalue weighted by Crippen LogP contribution is -2.29. The van der Waals surface area contributed by atoms with Crippen LogP contribution < -0.4 is 11.0 Å². The molecule has 1 N–H and O–H groups in total. The number of hydrogen-bond donors (Lipinski definition) is 1. The summed E-state index contributed by atoms with van der Waals surface area (Å²) in [6.07, 6.45) is 3.22. The largest absolute Gasteiger partial charge is 0.348 e. The first-order chi connectivity index (χ1) is 11.4. The smallest absolute Gasteiger partial charge is 0.260 e. The Bertz CT molecular complexity index is 800. The lowest BCUT2D eigenvalue weighted by atomic mass is 10.2. The van der Waals surface area contributed by atoms with Crippen LogP contribution >= 0.6 is 0 Å². The first kappa shape index (κ1) is 17.7. The second-order valence-corrected chi connectivity index (χ2v) is 6.29. The molecule has 24 heavy (non-hydrogen) atoms. The zero-order valence-corrected chi connectivity index (χ0v) is 14.6. The van der Waals surface area contributed by atoms with E-state index < -0.39 is 0 Å². The van der Waals surface area contributed by atoms with E-state index in [1.54, 1.807) is 24.5 Å². The highest BCUT2D eigenvalue weighted by Gasteiger charge is 2.09. The third kappa shape index (κ3) is 4.44. The molecule has 0 radical (unpaired) electrons. The SMILES string of the molecule is Cc1cc(/C=N\NC(=O)Cn2ccccc2=O)c(C)n1CC(C)C. The zero-order chi connectivity index (χ0) is 17.7. The van der Waals surface area contributed by atoms with Crippen molar-refractivity contribution in [3.05, 3.63) is 57.8 Å². The van der Waals surface area contributed by atoms with E-state index in [-0.39, 0.29) is 18.0 Å². The number of hydrogen-bond acceptors (Lipinski definition) is 3. The van der Waals surface area contributed by atoms with E-state index in [0.717, 1.165) is 17.8 Å². The van der Waals surface area contributed by atoms with Crippen LogP contribution in [0.2, 0.25) is 0 Å². The zero-order valence-electron chi connectivity index (χ0n) is 14.6. The average Bonchev–Trinajstić information content (AvgIpc) is 2.77. The molecule has 6 nitrogen and oxygen atoms in total. The Balaban J connectivity index is 2.00. The summed E-state index contributed by atoms with van der Waals surface area (Å²) in [6, 6.07) is 6.82. The Hall–Kier alpha value is -2.63. The number of rotatable bonds is 6. The quantitative estimate of drug-likeness (QED) is 0.651. The standard InChI is InChI=1S/C18H24N4O2/c1-13(2)11-22-14(3)9-16(15(22)4)10-19-20-17(23)12-21-8-6-5-7-18(21)24/h5-10,13H,11-12H2,1-4H3,(H,20,23)/b19-10-. The van der Waals surface area contributed by atoms with Gasteiger partial charge < -0.3 is 9.13 Å². The van der Waals surface area contributed by atoms with Gasteiger partial charge in [0.2, 0.25) is 0 Å². The summed E-state index contributed by atoms with van der Waals surface area (Å²) in [5, 5.41) is 4.01. The maximum absolute atomic E-state index is 11.9. The molecule has 0 atom stereocenters. The lowest BCUT2D eigenvalue weighted by Gasteiger charge is -2.11. The van der Waals surface area contributed by atoms with Gasteiger partial charge in [0.25, 0.3) is 11.5 Å². The molecule has 0 aromatic carbocycles. The van der Waals surface area contributed by atoms with Gasteiger partial charge >= 0.3 is 0 Å². The third-order valence-corrected chi connectivity index (χ3v) is 3.77. The summed E-state index contributed by atoms with van der Waals surface area (Å²) in [4.78, 5) is 23.4. The van der Waals surface area contributed by atoms with Gasteiger partial charge in [0.1, 0.15) is 6.54 Å². The number of carbonyl (C=O) groups is 1. The number of aryl methyl sites for hydroxylation is 1. The topological polar surface area (TPSA) is 68.4 Å². The van der Waals surface area contributed by atoms with Gasteiger partial charge in [0.05, 0.1) is 6.21 Å². The molecule has 0 aliphatic carbocycles. The minimum Gasteiger partial charge on any atom is -0.348 e. The van der Waals surface area contributed by atoms with Gasteiger partial charge in [-0.3, -0.25) is 9.59 Å². The van der Waals surface area contributed by atoms with E-state index in [9.17, 15) is 9.59 Å². The fraction of sp³-hybridized carbons (Fsp3) is 0.389. The first-order valence-corrected chi connectivity index (χ1v) is 8.02. The van der Waals surface area contributed by atoms with Crippen LogP contribution in [0, 0.1) is 19.8 Å². The molecule has 2 heterocycles. The number of nitrogens with one attached hydrogen (secondary N) is 1. The molecule has 0 bridgehead atoms. The number of nitrogens with zero attached hydrogens (tertiary/aromatic N) is 3. The second-order valence-electron chi connectivity index (χ2n) is 6.29. The van der Waals surface area contributed by atoms with Crippen molar-refractivity contribution in [2.45, 2.75) is 40.8 Å². The van der Waals surface area contributed by atoms with Gasteiger partial charge in [0, 0.05) is 35.8 Å². The predicted molar refractivity (Wildman–Crippen MR) is 95.2 cm³/mol. The number of aromatic nitrogens is 2. The van der Waals surface area contributed by atoms with Crippen molar-refractivity contribution in [1.29, 1.82) is 0 Å². The monoisotopic (exact) mass is 328 g/mol. The summed E-state index contributed by atoms with van der Waals surface area (Å²) >= 11 is 0. The van der Waals surface area contributed by atoms with Crippen LogP contribution in [0.4, 0.5) is 0 Å². The molecule has 0 unspecified atom stereocenters. The molecule has 1 amide bonds. The molecular formula is C18H24N4O2. The minimum atomic E-state index is -0.337. The minimum absolute atomic E-state index is 0.0522. The molecule has 0 aliphatic heterocycles. The van der Waals surface area contributed by atoms with Gasteiger partial charge in [-0.2, -0.15) is 5.10 Å². The van der Waals surface area contributed by atoms with Crippen molar-refractivity contribution in [3.63, 3.8) is 0 Å². The highest BCUT2D eigenvalue weighted by molar-refractivity contribution is 5.83. The highest BCUT2D eigenvalue weighted by Crippen LogP contribution is 2.15. The van der Waals surface area contributed by atoms with Crippen LogP contribution in [0.3, 0.4) is 0 Å². The molecule has 2 rings (SSSR count). The fourth-order valence-electron chi connectivity index (χ4n) is 2.56. The van der Waals surface area contributed by atoms with Crippen molar-refractivity contribution in [2.24, 2.45) is 11.0 Å². The summed E-state index contributed by atoms with van der Waals surface area (Å²) in [5.74, 6) is 0.221. The number of carbonyl (C=O) groups excluding carboxylic acids is 1. The Kier molecular flexibility index (Phi) is 5.73. The van der Waals surface area contributed by atoms with E-state index in [0.29, 0.717) is 5.92 Å². The molecule has 0 fully saturated rings. The van der Waals surface area contributed by atoms with Crippen LogP contribution in [0.5, 0.6) is 0 Å². The summed E-state index contributed by atoms with van der Waals surface area (Å²) in [7, 11) is 0. The maximum atomic E-state index is 11.9. The van der Waals surface area contributed by atoms with Crippen LogP contribution in [0.15, 0.2) is 40.4 Å². The highest BCUT2D eigenvalue weighted by atomic mass is 16.2. The van der Waals surface area contributed by atoms with Crippen LogP contribution in [0.25, 0.3) is 0 Å². The van der Waals surface area contributed by atoms with Gasteiger partial charge in [-0.05, 0) is 31.9 Å². The molecule has 0 aliphatic rings.